The van der Waals surface area contributed by atoms with Crippen LogP contribution in [0.3, 0.4) is 0 Å². The van der Waals surface area contributed by atoms with Crippen LogP contribution in [-0.4, -0.2) is 26.4 Å². The summed E-state index contributed by atoms with van der Waals surface area (Å²) in [4.78, 5) is 4.31. The van der Waals surface area contributed by atoms with Crippen molar-refractivity contribution in [3.8, 4) is 11.6 Å². The van der Waals surface area contributed by atoms with E-state index in [0.29, 0.717) is 5.95 Å². The number of hydrogen-bond donors (Lipinski definition) is 1. The molecule has 6 nitrogen and oxygen atoms in total. The van der Waals surface area contributed by atoms with Crippen LogP contribution in [0.15, 0.2) is 30.5 Å². The molecule has 0 aliphatic heterocycles. The second-order valence-electron chi connectivity index (χ2n) is 4.01. The predicted octanol–water partition coefficient (Wildman–Crippen LogP) is 1.35. The minimum Gasteiger partial charge on any atom is -0.497 e. The molecule has 0 unspecified atom stereocenters. The average molecular weight is 243 g/mol. The zero-order valence-corrected chi connectivity index (χ0v) is 10.2. The number of nitrogen functional groups attached to an aromatic ring is 1. The van der Waals surface area contributed by atoms with Gasteiger partial charge in [0.1, 0.15) is 5.75 Å². The van der Waals surface area contributed by atoms with Crippen LogP contribution in [-0.2, 0) is 7.05 Å². The van der Waals surface area contributed by atoms with Gasteiger partial charge >= 0.3 is 0 Å². The first-order valence-electron chi connectivity index (χ1n) is 5.51. The van der Waals surface area contributed by atoms with Gasteiger partial charge in [0.25, 0.3) is 0 Å². The molecule has 0 saturated carbocycles. The molecular weight excluding hydrogens is 230 g/mol. The first kappa shape index (κ1) is 10.6. The molecule has 3 aromatic rings. The highest BCUT2D eigenvalue weighted by Crippen LogP contribution is 2.25. The van der Waals surface area contributed by atoms with E-state index in [-0.39, 0.29) is 0 Å². The van der Waals surface area contributed by atoms with E-state index in [0.717, 1.165) is 22.6 Å². The lowest BCUT2D eigenvalue weighted by atomic mass is 10.3. The maximum Gasteiger partial charge on any atom is 0.207 e. The van der Waals surface area contributed by atoms with E-state index in [1.807, 2.05) is 37.5 Å². The summed E-state index contributed by atoms with van der Waals surface area (Å²) in [5.74, 6) is 1.92. The molecule has 2 aromatic heterocycles. The van der Waals surface area contributed by atoms with Crippen LogP contribution in [0.5, 0.6) is 5.75 Å². The highest BCUT2D eigenvalue weighted by molar-refractivity contribution is 5.81. The second kappa shape index (κ2) is 3.76. The SMILES string of the molecule is COc1ccc2nc(N)n(-c3ccn(C)n3)c2c1. The Morgan fingerprint density at radius 1 is 1.28 bits per heavy atom. The topological polar surface area (TPSA) is 70.9 Å². The molecule has 6 heteroatoms. The van der Waals surface area contributed by atoms with Crippen molar-refractivity contribution in [3.05, 3.63) is 30.5 Å². The lowest BCUT2D eigenvalue weighted by molar-refractivity contribution is 0.415. The molecule has 1 aromatic carbocycles. The van der Waals surface area contributed by atoms with E-state index >= 15 is 0 Å². The van der Waals surface area contributed by atoms with Crippen molar-refractivity contribution in [3.63, 3.8) is 0 Å². The van der Waals surface area contributed by atoms with Gasteiger partial charge < -0.3 is 10.5 Å². The molecule has 3 rings (SSSR count). The van der Waals surface area contributed by atoms with Crippen LogP contribution < -0.4 is 10.5 Å². The summed E-state index contributed by atoms with van der Waals surface area (Å²) in [7, 11) is 3.49. The first-order chi connectivity index (χ1) is 8.69. The zero-order chi connectivity index (χ0) is 12.7. The Bertz CT molecular complexity index is 712. The van der Waals surface area contributed by atoms with Gasteiger partial charge in [0.05, 0.1) is 18.1 Å². The fraction of sp³-hybridized carbons (Fsp3) is 0.167. The van der Waals surface area contributed by atoms with E-state index in [1.54, 1.807) is 16.4 Å². The van der Waals surface area contributed by atoms with Gasteiger partial charge in [0, 0.05) is 25.4 Å². The fourth-order valence-corrected chi connectivity index (χ4v) is 1.96. The highest BCUT2D eigenvalue weighted by atomic mass is 16.5. The van der Waals surface area contributed by atoms with Crippen LogP contribution in [0.25, 0.3) is 16.9 Å². The number of aryl methyl sites for hydroxylation is 1. The monoisotopic (exact) mass is 243 g/mol. The van der Waals surface area contributed by atoms with Crippen LogP contribution >= 0.6 is 0 Å². The Kier molecular flexibility index (Phi) is 2.22. The molecule has 0 radical (unpaired) electrons. The minimum atomic E-state index is 0.414. The lowest BCUT2D eigenvalue weighted by Crippen LogP contribution is -2.02. The predicted molar refractivity (Wildman–Crippen MR) is 68.8 cm³/mol. The number of anilines is 1. The van der Waals surface area contributed by atoms with Gasteiger partial charge in [-0.3, -0.25) is 9.25 Å². The molecule has 0 bridgehead atoms. The minimum absolute atomic E-state index is 0.414. The summed E-state index contributed by atoms with van der Waals surface area (Å²) in [5, 5.41) is 4.34. The third kappa shape index (κ3) is 1.50. The molecule has 0 saturated heterocycles. The molecule has 0 aliphatic rings. The Labute approximate surface area is 104 Å². The normalized spacial score (nSPS) is 11.0. The molecule has 0 amide bonds. The quantitative estimate of drug-likeness (QED) is 0.737. The van der Waals surface area contributed by atoms with Crippen molar-refractivity contribution >= 4 is 17.0 Å². The summed E-state index contributed by atoms with van der Waals surface area (Å²) in [6, 6.07) is 7.52. The average Bonchev–Trinajstić information content (AvgIpc) is 2.90. The van der Waals surface area contributed by atoms with Crippen LogP contribution in [0.2, 0.25) is 0 Å². The van der Waals surface area contributed by atoms with Crippen molar-refractivity contribution in [2.24, 2.45) is 7.05 Å². The second-order valence-corrected chi connectivity index (χ2v) is 4.01. The number of nitrogens with zero attached hydrogens (tertiary/aromatic N) is 4. The molecule has 2 N–H and O–H groups in total. The summed E-state index contributed by atoms with van der Waals surface area (Å²) in [6.45, 7) is 0. The van der Waals surface area contributed by atoms with Crippen LogP contribution in [0, 0.1) is 0 Å². The molecule has 0 fully saturated rings. The van der Waals surface area contributed by atoms with E-state index in [4.69, 9.17) is 10.5 Å². The van der Waals surface area contributed by atoms with Gasteiger partial charge in [-0.15, -0.1) is 0 Å². The van der Waals surface area contributed by atoms with Gasteiger partial charge in [-0.25, -0.2) is 4.98 Å². The number of nitrogens with two attached hydrogens (primary N) is 1. The van der Waals surface area contributed by atoms with Crippen molar-refractivity contribution in [1.82, 2.24) is 19.3 Å². The van der Waals surface area contributed by atoms with Crippen molar-refractivity contribution < 1.29 is 4.74 Å². The van der Waals surface area contributed by atoms with E-state index in [1.165, 1.54) is 0 Å². The number of fused-ring (bicyclic) bond motifs is 1. The number of benzene rings is 1. The van der Waals surface area contributed by atoms with E-state index in [9.17, 15) is 0 Å². The molecule has 2 heterocycles. The molecule has 18 heavy (non-hydrogen) atoms. The summed E-state index contributed by atoms with van der Waals surface area (Å²) >= 11 is 0. The Morgan fingerprint density at radius 2 is 2.11 bits per heavy atom. The third-order valence-electron chi connectivity index (χ3n) is 2.82. The number of ether oxygens (including phenoxy) is 1. The fourth-order valence-electron chi connectivity index (χ4n) is 1.96. The summed E-state index contributed by atoms with van der Waals surface area (Å²) in [5.41, 5.74) is 7.65. The molecular formula is C12H13N5O. The molecule has 0 spiro atoms. The van der Waals surface area contributed by atoms with Crippen molar-refractivity contribution in [1.29, 1.82) is 0 Å². The smallest absolute Gasteiger partial charge is 0.207 e. The molecule has 92 valence electrons. The van der Waals surface area contributed by atoms with Gasteiger partial charge in [-0.05, 0) is 12.1 Å². The first-order valence-corrected chi connectivity index (χ1v) is 5.51. The van der Waals surface area contributed by atoms with Crippen LogP contribution in [0.1, 0.15) is 0 Å². The Balaban J connectivity index is 2.29. The Morgan fingerprint density at radius 3 is 2.78 bits per heavy atom. The van der Waals surface area contributed by atoms with Gasteiger partial charge in [0.2, 0.25) is 5.95 Å². The molecule has 0 aliphatic carbocycles. The van der Waals surface area contributed by atoms with Crippen LogP contribution in [0.4, 0.5) is 5.95 Å². The highest BCUT2D eigenvalue weighted by Gasteiger charge is 2.12. The van der Waals surface area contributed by atoms with Crippen molar-refractivity contribution in [2.75, 3.05) is 12.8 Å². The number of imidazole rings is 1. The Hall–Kier alpha value is -2.50. The number of aromatic nitrogens is 4. The molecule has 0 atom stereocenters. The number of rotatable bonds is 2. The van der Waals surface area contributed by atoms with Gasteiger partial charge in [-0.2, -0.15) is 5.10 Å². The zero-order valence-electron chi connectivity index (χ0n) is 10.2. The number of hydrogen-bond acceptors (Lipinski definition) is 4. The largest absolute Gasteiger partial charge is 0.497 e. The van der Waals surface area contributed by atoms with Gasteiger partial charge in [0.15, 0.2) is 5.82 Å². The third-order valence-corrected chi connectivity index (χ3v) is 2.82. The maximum atomic E-state index is 5.95. The summed E-state index contributed by atoms with van der Waals surface area (Å²) < 4.78 is 8.75. The van der Waals surface area contributed by atoms with E-state index < -0.39 is 0 Å². The maximum absolute atomic E-state index is 5.95. The lowest BCUT2D eigenvalue weighted by Gasteiger charge is -2.03. The van der Waals surface area contributed by atoms with E-state index in [2.05, 4.69) is 10.1 Å². The number of methoxy groups -OCH3 is 1. The standard InChI is InChI=1S/C12H13N5O/c1-16-6-5-11(15-16)17-10-7-8(18-2)3-4-9(10)14-12(17)13/h3-7H,1-2H3,(H2,13,14). The van der Waals surface area contributed by atoms with Gasteiger partial charge in [-0.1, -0.05) is 0 Å². The van der Waals surface area contributed by atoms with Crippen molar-refractivity contribution in [2.45, 2.75) is 0 Å². The summed E-state index contributed by atoms with van der Waals surface area (Å²) in [6.07, 6.45) is 1.86.